The number of hydrogen-bond acceptors (Lipinski definition) is 5. The van der Waals surface area contributed by atoms with Crippen molar-refractivity contribution >= 4 is 17.2 Å². The fraction of sp³-hybridized carbons (Fsp3) is 0.600. The van der Waals surface area contributed by atoms with Crippen LogP contribution in [0.2, 0.25) is 0 Å². The Hall–Kier alpha value is -1.66. The molecule has 140 valence electrons. The number of amides is 1. The van der Waals surface area contributed by atoms with Gasteiger partial charge in [0.15, 0.2) is 5.76 Å². The van der Waals surface area contributed by atoms with E-state index in [-0.39, 0.29) is 0 Å². The summed E-state index contributed by atoms with van der Waals surface area (Å²) in [5, 5.41) is 6.21. The van der Waals surface area contributed by atoms with Crippen LogP contribution in [-0.4, -0.2) is 46.5 Å². The van der Waals surface area contributed by atoms with Crippen LogP contribution in [0.1, 0.15) is 42.5 Å². The van der Waals surface area contributed by atoms with Crippen LogP contribution in [0.15, 0.2) is 28.1 Å². The Morgan fingerprint density at radius 3 is 3.08 bits per heavy atom. The molecular formula is C20H27N3O2S. The molecule has 0 aromatic carbocycles. The van der Waals surface area contributed by atoms with Crippen molar-refractivity contribution in [2.75, 3.05) is 19.6 Å². The summed E-state index contributed by atoms with van der Waals surface area (Å²) in [5.41, 5.74) is 1.03. The molecule has 0 spiro atoms. The van der Waals surface area contributed by atoms with Crippen molar-refractivity contribution in [1.29, 1.82) is 0 Å². The van der Waals surface area contributed by atoms with Gasteiger partial charge in [-0.1, -0.05) is 18.1 Å². The molecule has 0 radical (unpaired) electrons. The van der Waals surface area contributed by atoms with Crippen LogP contribution in [0.4, 0.5) is 0 Å². The van der Waals surface area contributed by atoms with Gasteiger partial charge in [0, 0.05) is 43.0 Å². The first-order chi connectivity index (χ1) is 12.7. The average molecular weight is 374 g/mol. The summed E-state index contributed by atoms with van der Waals surface area (Å²) in [6.45, 7) is 5.86. The van der Waals surface area contributed by atoms with E-state index >= 15 is 0 Å². The lowest BCUT2D eigenvalue weighted by Gasteiger charge is -2.47. The van der Waals surface area contributed by atoms with E-state index in [4.69, 9.17) is 4.52 Å². The molecule has 0 aliphatic carbocycles. The summed E-state index contributed by atoms with van der Waals surface area (Å²) in [5.74, 6) is 1.89. The molecule has 26 heavy (non-hydrogen) atoms. The van der Waals surface area contributed by atoms with Gasteiger partial charge >= 0.3 is 0 Å². The van der Waals surface area contributed by atoms with Crippen LogP contribution < -0.4 is 0 Å². The van der Waals surface area contributed by atoms with E-state index in [0.717, 1.165) is 63.3 Å². The predicted molar refractivity (Wildman–Crippen MR) is 102 cm³/mol. The number of thiophene rings is 1. The molecule has 0 saturated carbocycles. The topological polar surface area (TPSA) is 49.6 Å². The minimum atomic E-state index is 0.346. The first kappa shape index (κ1) is 17.7. The van der Waals surface area contributed by atoms with Gasteiger partial charge in [-0.2, -0.15) is 0 Å². The van der Waals surface area contributed by atoms with Crippen molar-refractivity contribution < 1.29 is 9.32 Å². The second-order valence-electron chi connectivity index (χ2n) is 7.44. The van der Waals surface area contributed by atoms with E-state index < -0.39 is 0 Å². The van der Waals surface area contributed by atoms with E-state index in [9.17, 15) is 4.79 Å². The van der Waals surface area contributed by atoms with Crippen LogP contribution in [0.3, 0.4) is 0 Å². The summed E-state index contributed by atoms with van der Waals surface area (Å²) in [4.78, 5) is 18.5. The molecule has 2 aliphatic heterocycles. The summed E-state index contributed by atoms with van der Waals surface area (Å²) in [6, 6.07) is 6.74. The summed E-state index contributed by atoms with van der Waals surface area (Å²) >= 11 is 1.78. The summed E-state index contributed by atoms with van der Waals surface area (Å²) in [6.07, 6.45) is 4.67. The van der Waals surface area contributed by atoms with Crippen LogP contribution in [-0.2, 0) is 24.2 Å². The molecule has 2 aromatic rings. The molecule has 4 heterocycles. The Labute approximate surface area is 159 Å². The van der Waals surface area contributed by atoms with Crippen molar-refractivity contribution in [2.24, 2.45) is 5.92 Å². The van der Waals surface area contributed by atoms with Gasteiger partial charge in [-0.15, -0.1) is 11.3 Å². The fourth-order valence-electron chi connectivity index (χ4n) is 4.36. The highest BCUT2D eigenvalue weighted by Gasteiger charge is 2.39. The Bertz CT molecular complexity index is 727. The van der Waals surface area contributed by atoms with E-state index in [1.807, 2.05) is 0 Å². The van der Waals surface area contributed by atoms with Crippen molar-refractivity contribution in [2.45, 2.75) is 51.6 Å². The largest absolute Gasteiger partial charge is 0.360 e. The van der Waals surface area contributed by atoms with Crippen molar-refractivity contribution in [1.82, 2.24) is 15.0 Å². The molecule has 0 unspecified atom stereocenters. The molecule has 2 aliphatic rings. The second-order valence-corrected chi connectivity index (χ2v) is 8.48. The van der Waals surface area contributed by atoms with Gasteiger partial charge in [-0.25, -0.2) is 0 Å². The van der Waals surface area contributed by atoms with Crippen LogP contribution >= 0.6 is 11.3 Å². The van der Waals surface area contributed by atoms with Crippen LogP contribution in [0.5, 0.6) is 0 Å². The predicted octanol–water partition coefficient (Wildman–Crippen LogP) is 3.35. The number of aryl methyl sites for hydroxylation is 1. The van der Waals surface area contributed by atoms with Crippen LogP contribution in [0.25, 0.3) is 0 Å². The molecule has 1 amide bonds. The number of aromatic nitrogens is 1. The van der Waals surface area contributed by atoms with E-state index in [2.05, 4.69) is 45.5 Å². The normalized spacial score (nSPS) is 24.0. The number of carbonyl (C=O) groups is 1. The fourth-order valence-corrected chi connectivity index (χ4v) is 5.06. The number of likely N-dealkylation sites (tertiary alicyclic amines) is 2. The molecule has 0 N–H and O–H groups in total. The summed E-state index contributed by atoms with van der Waals surface area (Å²) in [7, 11) is 0. The van der Waals surface area contributed by atoms with Gasteiger partial charge in [-0.05, 0) is 43.0 Å². The lowest BCUT2D eigenvalue weighted by atomic mass is 9.83. The maximum absolute atomic E-state index is 12.5. The van der Waals surface area contributed by atoms with Crippen LogP contribution in [0, 0.1) is 5.92 Å². The minimum absolute atomic E-state index is 0.346. The average Bonchev–Trinajstić information content (AvgIpc) is 3.32. The maximum Gasteiger partial charge on any atom is 0.222 e. The standard InChI is InChI=1S/C20H27N3O2S/c1-2-16-12-17(25-21-16)14-22-9-8-19-15(13-22)5-6-20(24)23(19)10-7-18-4-3-11-26-18/h3-4,11-12,15,19H,2,5-10,13-14H2,1H3/t15-,19+/m0/s1. The van der Waals surface area contributed by atoms with E-state index in [1.54, 1.807) is 11.3 Å². The highest BCUT2D eigenvalue weighted by Crippen LogP contribution is 2.32. The zero-order valence-corrected chi connectivity index (χ0v) is 16.2. The highest BCUT2D eigenvalue weighted by molar-refractivity contribution is 7.09. The third-order valence-corrected chi connectivity index (χ3v) is 6.69. The number of fused-ring (bicyclic) bond motifs is 1. The smallest absolute Gasteiger partial charge is 0.222 e. The number of nitrogens with zero attached hydrogens (tertiary/aromatic N) is 3. The Morgan fingerprint density at radius 1 is 1.38 bits per heavy atom. The summed E-state index contributed by atoms with van der Waals surface area (Å²) < 4.78 is 5.46. The molecule has 2 saturated heterocycles. The third-order valence-electron chi connectivity index (χ3n) is 5.76. The third kappa shape index (κ3) is 3.86. The Kier molecular flexibility index (Phi) is 5.41. The highest BCUT2D eigenvalue weighted by atomic mass is 32.1. The lowest BCUT2D eigenvalue weighted by Crippen LogP contribution is -2.56. The molecule has 2 fully saturated rings. The first-order valence-electron chi connectivity index (χ1n) is 9.71. The van der Waals surface area contributed by atoms with Gasteiger partial charge in [0.05, 0.1) is 12.2 Å². The van der Waals surface area contributed by atoms with Crippen molar-refractivity contribution in [3.05, 3.63) is 39.9 Å². The maximum atomic E-state index is 12.5. The van der Waals surface area contributed by atoms with Crippen molar-refractivity contribution in [3.63, 3.8) is 0 Å². The van der Waals surface area contributed by atoms with E-state index in [1.165, 1.54) is 4.88 Å². The molecular weight excluding hydrogens is 346 g/mol. The quantitative estimate of drug-likeness (QED) is 0.779. The molecule has 0 bridgehead atoms. The monoisotopic (exact) mass is 373 g/mol. The molecule has 4 rings (SSSR count). The van der Waals surface area contributed by atoms with Gasteiger partial charge in [0.2, 0.25) is 5.91 Å². The molecule has 2 aromatic heterocycles. The Balaban J connectivity index is 1.36. The van der Waals surface area contributed by atoms with Gasteiger partial charge in [0.1, 0.15) is 0 Å². The number of carbonyl (C=O) groups excluding carboxylic acids is 1. The molecule has 5 nitrogen and oxygen atoms in total. The zero-order chi connectivity index (χ0) is 17.9. The molecule has 2 atom stereocenters. The first-order valence-corrected chi connectivity index (χ1v) is 10.6. The van der Waals surface area contributed by atoms with Gasteiger partial charge < -0.3 is 9.42 Å². The molecule has 6 heteroatoms. The second kappa shape index (κ2) is 7.92. The lowest BCUT2D eigenvalue weighted by molar-refractivity contribution is -0.141. The van der Waals surface area contributed by atoms with Gasteiger partial charge in [-0.3, -0.25) is 9.69 Å². The SMILES string of the molecule is CCc1cc(CN2CC[C@@H]3[C@@H](CCC(=O)N3CCc3cccs3)C2)on1. The van der Waals surface area contributed by atoms with E-state index in [0.29, 0.717) is 24.3 Å². The van der Waals surface area contributed by atoms with Gasteiger partial charge in [0.25, 0.3) is 0 Å². The van der Waals surface area contributed by atoms with Crippen molar-refractivity contribution in [3.8, 4) is 0 Å². The number of hydrogen-bond donors (Lipinski definition) is 0. The minimum Gasteiger partial charge on any atom is -0.360 e. The Morgan fingerprint density at radius 2 is 2.31 bits per heavy atom. The number of piperidine rings is 2. The number of rotatable bonds is 6. The zero-order valence-electron chi connectivity index (χ0n) is 15.4.